The van der Waals surface area contributed by atoms with Crippen LogP contribution in [0.5, 0.6) is 0 Å². The van der Waals surface area contributed by atoms with Crippen LogP contribution in [0.4, 0.5) is 0 Å². The molecule has 0 unspecified atom stereocenters. The van der Waals surface area contributed by atoms with Crippen molar-refractivity contribution in [3.63, 3.8) is 0 Å². The van der Waals surface area contributed by atoms with E-state index in [4.69, 9.17) is 19.4 Å². The summed E-state index contributed by atoms with van der Waals surface area (Å²) in [4.78, 5) is 21.7. The van der Waals surface area contributed by atoms with E-state index in [1.54, 1.807) is 0 Å². The third kappa shape index (κ3) is 39.3. The van der Waals surface area contributed by atoms with Crippen molar-refractivity contribution in [1.29, 1.82) is 0 Å². The van der Waals surface area contributed by atoms with E-state index in [0.29, 0.717) is 0 Å². The lowest BCUT2D eigenvalue weighted by Gasteiger charge is -2.23. The highest BCUT2D eigenvalue weighted by molar-refractivity contribution is 7.38. The van der Waals surface area contributed by atoms with Gasteiger partial charge in [0.15, 0.2) is 0 Å². The minimum Gasteiger partial charge on any atom is -0.376 e. The second-order valence-electron chi connectivity index (χ2n) is 9.20. The summed E-state index contributed by atoms with van der Waals surface area (Å²) in [5.41, 5.74) is 0. The lowest BCUT2D eigenvalue weighted by molar-refractivity contribution is -0.870. The molecule has 0 aromatic heterocycles. The van der Waals surface area contributed by atoms with Crippen LogP contribution >= 0.6 is 8.60 Å². The average molecular weight is 439 g/mol. The molecule has 0 bridgehead atoms. The Kier molecular flexibility index (Phi) is 26.5. The Hall–Kier alpha value is 0.230. The Labute approximate surface area is 183 Å². The van der Waals surface area contributed by atoms with Crippen molar-refractivity contribution in [1.82, 2.24) is 0 Å². The third-order valence-electron chi connectivity index (χ3n) is 5.05. The first kappa shape index (κ1) is 31.4. The molecule has 0 heterocycles. The second-order valence-corrected chi connectivity index (χ2v) is 9.73. The van der Waals surface area contributed by atoms with Gasteiger partial charge in [-0.3, -0.25) is 0 Å². The first-order valence-electron chi connectivity index (χ1n) is 12.0. The Morgan fingerprint density at radius 1 is 0.552 bits per heavy atom. The monoisotopic (exact) mass is 438 g/mol. The fraction of sp³-hybridized carbons (Fsp3) is 1.00. The lowest BCUT2D eigenvalue weighted by atomic mass is 10.0. The molecule has 0 rings (SSSR count). The maximum absolute atomic E-state index is 7.23. The predicted molar refractivity (Wildman–Crippen MR) is 127 cm³/mol. The largest absolute Gasteiger partial charge is 0.376 e. The van der Waals surface area contributed by atoms with Crippen molar-refractivity contribution in [2.45, 2.75) is 110 Å². The summed E-state index contributed by atoms with van der Waals surface area (Å²) in [6.07, 6.45) is 22.9. The van der Waals surface area contributed by atoms with E-state index < -0.39 is 8.60 Å². The van der Waals surface area contributed by atoms with Crippen LogP contribution in [0, 0.1) is 0 Å². The molecule has 0 aromatic carbocycles. The molecular weight excluding hydrogens is 385 g/mol. The maximum atomic E-state index is 7.23. The van der Waals surface area contributed by atoms with Gasteiger partial charge in [0.05, 0.1) is 27.7 Å². The minimum absolute atomic E-state index is 0.905. The third-order valence-corrected chi connectivity index (χ3v) is 5.05. The molecule has 0 aliphatic heterocycles. The van der Waals surface area contributed by atoms with Gasteiger partial charge < -0.3 is 23.9 Å². The van der Waals surface area contributed by atoms with Crippen LogP contribution in [-0.2, 0) is 4.74 Å². The minimum atomic E-state index is -2.62. The number of quaternary nitrogens is 1. The average Bonchev–Trinajstić information content (AvgIpc) is 2.62. The fourth-order valence-electron chi connectivity index (χ4n) is 3.19. The van der Waals surface area contributed by atoms with E-state index in [2.05, 4.69) is 28.1 Å². The van der Waals surface area contributed by atoms with Crippen LogP contribution in [0.25, 0.3) is 0 Å². The van der Waals surface area contributed by atoms with Crippen LogP contribution < -0.4 is 0 Å². The van der Waals surface area contributed by atoms with Crippen molar-refractivity contribution in [2.24, 2.45) is 0 Å². The SMILES string of the molecule is CCCCCCCCCCCCCCCCCCOCC[N+](C)(C)C.OP(O)O. The second kappa shape index (κ2) is 24.5. The topological polar surface area (TPSA) is 69.9 Å². The summed E-state index contributed by atoms with van der Waals surface area (Å²) in [6, 6.07) is 0. The van der Waals surface area contributed by atoms with Gasteiger partial charge in [0.2, 0.25) is 0 Å². The van der Waals surface area contributed by atoms with Gasteiger partial charge in [0.25, 0.3) is 0 Å². The van der Waals surface area contributed by atoms with Crippen molar-refractivity contribution < 1.29 is 23.9 Å². The number of ether oxygens (including phenoxy) is 1. The van der Waals surface area contributed by atoms with E-state index in [9.17, 15) is 0 Å². The number of hydrogen-bond donors (Lipinski definition) is 3. The normalized spacial score (nSPS) is 11.6. The number of hydrogen-bond acceptors (Lipinski definition) is 4. The summed E-state index contributed by atoms with van der Waals surface area (Å²) >= 11 is 0. The number of unbranched alkanes of at least 4 members (excludes halogenated alkanes) is 15. The van der Waals surface area contributed by atoms with Crippen molar-refractivity contribution in [2.75, 3.05) is 40.9 Å². The van der Waals surface area contributed by atoms with Crippen LogP contribution in [0.1, 0.15) is 110 Å². The molecule has 3 N–H and O–H groups in total. The zero-order chi connectivity index (χ0) is 22.2. The zero-order valence-electron chi connectivity index (χ0n) is 20.1. The molecule has 0 aliphatic rings. The maximum Gasteiger partial charge on any atom is 0.324 e. The van der Waals surface area contributed by atoms with Crippen LogP contribution in [0.3, 0.4) is 0 Å². The zero-order valence-corrected chi connectivity index (χ0v) is 21.0. The Morgan fingerprint density at radius 2 is 0.862 bits per heavy atom. The van der Waals surface area contributed by atoms with E-state index >= 15 is 0 Å². The van der Waals surface area contributed by atoms with E-state index in [0.717, 1.165) is 24.2 Å². The standard InChI is InChI=1S/C23H50NO.H3O3P/c1-5-6-7-8-9-10-11-12-13-14-15-16-17-18-19-20-22-25-23-21-24(2,3)4;1-4(2)3/h5-23H2,1-4H3;1-3H/q+1;. The lowest BCUT2D eigenvalue weighted by Crippen LogP contribution is -2.37. The molecule has 0 aromatic rings. The van der Waals surface area contributed by atoms with Gasteiger partial charge >= 0.3 is 8.60 Å². The highest BCUT2D eigenvalue weighted by Crippen LogP contribution is 2.13. The Balaban J connectivity index is 0. The number of likely N-dealkylation sites (N-methyl/N-ethyl adjacent to an activating group) is 1. The van der Waals surface area contributed by atoms with Crippen LogP contribution in [0.2, 0.25) is 0 Å². The van der Waals surface area contributed by atoms with Gasteiger partial charge in [-0.15, -0.1) is 0 Å². The van der Waals surface area contributed by atoms with E-state index in [1.165, 1.54) is 103 Å². The molecule has 178 valence electrons. The van der Waals surface area contributed by atoms with Crippen LogP contribution in [-0.4, -0.2) is 60.1 Å². The van der Waals surface area contributed by atoms with Gasteiger partial charge in [-0.05, 0) is 6.42 Å². The molecule has 29 heavy (non-hydrogen) atoms. The van der Waals surface area contributed by atoms with Gasteiger partial charge in [-0.25, -0.2) is 0 Å². The molecule has 0 fully saturated rings. The smallest absolute Gasteiger partial charge is 0.324 e. The van der Waals surface area contributed by atoms with Gasteiger partial charge in [0.1, 0.15) is 6.54 Å². The molecule has 6 heteroatoms. The summed E-state index contributed by atoms with van der Waals surface area (Å²) in [5.74, 6) is 0. The molecule has 5 nitrogen and oxygen atoms in total. The molecule has 0 amide bonds. The fourth-order valence-corrected chi connectivity index (χ4v) is 3.19. The molecule has 0 spiro atoms. The molecule has 0 atom stereocenters. The first-order valence-corrected chi connectivity index (χ1v) is 13.2. The van der Waals surface area contributed by atoms with E-state index in [1.807, 2.05) is 0 Å². The highest BCUT2D eigenvalue weighted by atomic mass is 31.2. The van der Waals surface area contributed by atoms with Gasteiger partial charge in [0, 0.05) is 6.61 Å². The van der Waals surface area contributed by atoms with Gasteiger partial charge in [-0.2, -0.15) is 0 Å². The Morgan fingerprint density at radius 3 is 1.17 bits per heavy atom. The van der Waals surface area contributed by atoms with Crippen LogP contribution in [0.15, 0.2) is 0 Å². The first-order chi connectivity index (χ1) is 13.8. The summed E-state index contributed by atoms with van der Waals surface area (Å²) < 4.78 is 6.71. The molecule has 0 radical (unpaired) electrons. The van der Waals surface area contributed by atoms with Crippen molar-refractivity contribution >= 4 is 8.60 Å². The molecule has 0 saturated carbocycles. The molecule has 0 saturated heterocycles. The number of nitrogens with zero attached hydrogens (tertiary/aromatic N) is 1. The van der Waals surface area contributed by atoms with Gasteiger partial charge in [-0.1, -0.05) is 103 Å². The number of rotatable bonds is 20. The van der Waals surface area contributed by atoms with Crippen molar-refractivity contribution in [3.05, 3.63) is 0 Å². The Bertz CT molecular complexity index is 296. The van der Waals surface area contributed by atoms with E-state index in [-0.39, 0.29) is 0 Å². The molecule has 0 aliphatic carbocycles. The molecular formula is C23H53NO4P+. The predicted octanol–water partition coefficient (Wildman–Crippen LogP) is 6.16. The van der Waals surface area contributed by atoms with Crippen molar-refractivity contribution in [3.8, 4) is 0 Å². The quantitative estimate of drug-likeness (QED) is 0.121. The highest BCUT2D eigenvalue weighted by Gasteiger charge is 2.05. The summed E-state index contributed by atoms with van der Waals surface area (Å²) in [6.45, 7) is 5.27. The summed E-state index contributed by atoms with van der Waals surface area (Å²) in [5, 5.41) is 0. The summed E-state index contributed by atoms with van der Waals surface area (Å²) in [7, 11) is 4.04.